The van der Waals surface area contributed by atoms with Crippen LogP contribution in [0.4, 0.5) is 0 Å². The highest BCUT2D eigenvalue weighted by Gasteiger charge is 2.29. The van der Waals surface area contributed by atoms with Crippen LogP contribution in [-0.2, 0) is 4.74 Å². The van der Waals surface area contributed by atoms with Crippen LogP contribution in [0.15, 0.2) is 5.16 Å². The number of nitrogens with zero attached hydrogens (tertiary/aromatic N) is 1. The molecule has 0 aromatic carbocycles. The van der Waals surface area contributed by atoms with Gasteiger partial charge in [-0.05, 0) is 39.2 Å². The van der Waals surface area contributed by atoms with Crippen LogP contribution in [0.5, 0.6) is 0 Å². The van der Waals surface area contributed by atoms with E-state index in [1.165, 1.54) is 0 Å². The molecule has 1 fully saturated rings. The van der Waals surface area contributed by atoms with E-state index in [1.807, 2.05) is 20.8 Å². The van der Waals surface area contributed by atoms with Gasteiger partial charge in [-0.2, -0.15) is 0 Å². The topological polar surface area (TPSA) is 79.9 Å². The Morgan fingerprint density at radius 1 is 1.50 bits per heavy atom. The first-order valence-electron chi connectivity index (χ1n) is 6.82. The van der Waals surface area contributed by atoms with Crippen LogP contribution in [0.1, 0.15) is 46.5 Å². The highest BCUT2D eigenvalue weighted by atomic mass is 16.5. The number of hydrogen-bond acceptors (Lipinski definition) is 4. The Hall–Kier alpha value is -0.810. The van der Waals surface area contributed by atoms with Gasteiger partial charge >= 0.3 is 0 Å². The Kier molecular flexibility index (Phi) is 5.88. The zero-order valence-electron chi connectivity index (χ0n) is 11.8. The summed E-state index contributed by atoms with van der Waals surface area (Å²) in [7, 11) is 0. The molecule has 0 bridgehead atoms. The summed E-state index contributed by atoms with van der Waals surface area (Å²) in [5, 5.41) is 15.3. The van der Waals surface area contributed by atoms with Crippen LogP contribution < -0.4 is 11.1 Å². The molecule has 0 amide bonds. The van der Waals surface area contributed by atoms with Crippen LogP contribution >= 0.6 is 0 Å². The second-order valence-corrected chi connectivity index (χ2v) is 5.67. The van der Waals surface area contributed by atoms with Gasteiger partial charge in [0.25, 0.3) is 0 Å². The number of nitrogens with one attached hydrogen (secondary N) is 1. The van der Waals surface area contributed by atoms with Crippen LogP contribution in [-0.4, -0.2) is 36.3 Å². The van der Waals surface area contributed by atoms with E-state index in [-0.39, 0.29) is 5.41 Å². The van der Waals surface area contributed by atoms with Gasteiger partial charge in [-0.1, -0.05) is 19.0 Å². The first kappa shape index (κ1) is 15.2. The minimum atomic E-state index is -0.232. The van der Waals surface area contributed by atoms with E-state index in [9.17, 15) is 0 Å². The van der Waals surface area contributed by atoms with Gasteiger partial charge < -0.3 is 21.0 Å². The van der Waals surface area contributed by atoms with Crippen molar-refractivity contribution >= 4 is 5.84 Å². The van der Waals surface area contributed by atoms with Crippen LogP contribution in [0.3, 0.4) is 0 Å². The molecule has 0 spiro atoms. The zero-order chi connectivity index (χ0) is 13.6. The molecular weight excluding hydrogens is 230 g/mol. The highest BCUT2D eigenvalue weighted by molar-refractivity contribution is 5.85. The molecule has 4 N–H and O–H groups in total. The summed E-state index contributed by atoms with van der Waals surface area (Å²) in [5.74, 6) is 0.308. The fourth-order valence-corrected chi connectivity index (χ4v) is 2.20. The van der Waals surface area contributed by atoms with Gasteiger partial charge in [0, 0.05) is 18.1 Å². The third-order valence-electron chi connectivity index (χ3n) is 3.71. The van der Waals surface area contributed by atoms with Gasteiger partial charge in [-0.25, -0.2) is 0 Å². The number of hydrogen-bond donors (Lipinski definition) is 3. The van der Waals surface area contributed by atoms with Gasteiger partial charge in [-0.3, -0.25) is 0 Å². The summed E-state index contributed by atoms with van der Waals surface area (Å²) in [5.41, 5.74) is 5.41. The number of rotatable bonds is 8. The van der Waals surface area contributed by atoms with Gasteiger partial charge in [0.1, 0.15) is 5.84 Å². The Morgan fingerprint density at radius 3 is 2.72 bits per heavy atom. The Balaban J connectivity index is 2.06. The molecule has 0 radical (unpaired) electrons. The molecule has 0 aromatic heterocycles. The summed E-state index contributed by atoms with van der Waals surface area (Å²) in [6, 6.07) is 0.605. The summed E-state index contributed by atoms with van der Waals surface area (Å²) in [4.78, 5) is 0. The van der Waals surface area contributed by atoms with E-state index in [0.717, 1.165) is 38.8 Å². The molecule has 5 heteroatoms. The predicted molar refractivity (Wildman–Crippen MR) is 72.9 cm³/mol. The quantitative estimate of drug-likeness (QED) is 0.203. The summed E-state index contributed by atoms with van der Waals surface area (Å²) in [6.45, 7) is 7.82. The minimum Gasteiger partial charge on any atom is -0.409 e. The lowest BCUT2D eigenvalue weighted by molar-refractivity contribution is -0.00983. The van der Waals surface area contributed by atoms with Crippen molar-refractivity contribution in [3.05, 3.63) is 0 Å². The number of amidine groups is 1. The average Bonchev–Trinajstić information content (AvgIpc) is 2.29. The minimum absolute atomic E-state index is 0.232. The Bertz CT molecular complexity index is 273. The standard InChI is InChI=1S/C13H27N3O2/c1-4-18-11-8-10(9-11)15-7-5-6-13(2,3)12(14)16-17/h10-11,15,17H,4-9H2,1-3H3,(H2,14,16). The lowest BCUT2D eigenvalue weighted by Gasteiger charge is -2.35. The van der Waals surface area contributed by atoms with E-state index in [2.05, 4.69) is 10.5 Å². The monoisotopic (exact) mass is 257 g/mol. The van der Waals surface area contributed by atoms with E-state index in [1.54, 1.807) is 0 Å². The maximum atomic E-state index is 8.68. The fraction of sp³-hybridized carbons (Fsp3) is 0.923. The van der Waals surface area contributed by atoms with E-state index >= 15 is 0 Å². The molecule has 1 aliphatic carbocycles. The largest absolute Gasteiger partial charge is 0.409 e. The van der Waals surface area contributed by atoms with Crippen molar-refractivity contribution in [3.63, 3.8) is 0 Å². The summed E-state index contributed by atoms with van der Waals surface area (Å²) >= 11 is 0. The second kappa shape index (κ2) is 6.95. The first-order valence-corrected chi connectivity index (χ1v) is 6.82. The van der Waals surface area contributed by atoms with Crippen molar-refractivity contribution in [1.29, 1.82) is 0 Å². The van der Waals surface area contributed by atoms with Crippen LogP contribution in [0.2, 0.25) is 0 Å². The molecule has 106 valence electrons. The van der Waals surface area contributed by atoms with Gasteiger partial charge in [-0.15, -0.1) is 0 Å². The average molecular weight is 257 g/mol. The van der Waals surface area contributed by atoms with Crippen molar-refractivity contribution in [2.24, 2.45) is 16.3 Å². The second-order valence-electron chi connectivity index (χ2n) is 5.67. The maximum absolute atomic E-state index is 8.68. The molecule has 1 rings (SSSR count). The summed E-state index contributed by atoms with van der Waals surface area (Å²) in [6.07, 6.45) is 4.65. The number of nitrogens with two attached hydrogens (primary N) is 1. The van der Waals surface area contributed by atoms with E-state index < -0.39 is 0 Å². The zero-order valence-corrected chi connectivity index (χ0v) is 11.8. The fourth-order valence-electron chi connectivity index (χ4n) is 2.20. The van der Waals surface area contributed by atoms with Crippen molar-refractivity contribution in [1.82, 2.24) is 5.32 Å². The molecule has 1 saturated carbocycles. The van der Waals surface area contributed by atoms with Crippen LogP contribution in [0.25, 0.3) is 0 Å². The predicted octanol–water partition coefficient (Wildman–Crippen LogP) is 1.70. The number of oxime groups is 1. The van der Waals surface area contributed by atoms with Crippen LogP contribution in [0, 0.1) is 5.41 Å². The molecule has 0 aliphatic heterocycles. The van der Waals surface area contributed by atoms with Gasteiger partial charge in [0.05, 0.1) is 6.10 Å². The number of ether oxygens (including phenoxy) is 1. The molecule has 0 heterocycles. The first-order chi connectivity index (χ1) is 8.49. The van der Waals surface area contributed by atoms with E-state index in [4.69, 9.17) is 15.7 Å². The molecule has 0 aromatic rings. The SMILES string of the molecule is CCOC1CC(NCCCC(C)(C)C(N)=NO)C1. The van der Waals surface area contributed by atoms with Crippen molar-refractivity contribution < 1.29 is 9.94 Å². The third-order valence-corrected chi connectivity index (χ3v) is 3.71. The van der Waals surface area contributed by atoms with Crippen molar-refractivity contribution in [3.8, 4) is 0 Å². The smallest absolute Gasteiger partial charge is 0.144 e. The molecule has 1 aliphatic rings. The normalized spacial score (nSPS) is 24.9. The van der Waals surface area contributed by atoms with Crippen molar-refractivity contribution in [2.75, 3.05) is 13.2 Å². The molecule has 0 unspecified atom stereocenters. The molecule has 18 heavy (non-hydrogen) atoms. The molecule has 0 atom stereocenters. The third kappa shape index (κ3) is 4.46. The van der Waals surface area contributed by atoms with E-state index in [0.29, 0.717) is 18.0 Å². The lowest BCUT2D eigenvalue weighted by atomic mass is 9.86. The highest BCUT2D eigenvalue weighted by Crippen LogP contribution is 2.24. The summed E-state index contributed by atoms with van der Waals surface area (Å²) < 4.78 is 5.51. The maximum Gasteiger partial charge on any atom is 0.144 e. The lowest BCUT2D eigenvalue weighted by Crippen LogP contribution is -2.46. The van der Waals surface area contributed by atoms with Gasteiger partial charge in [0.2, 0.25) is 0 Å². The Morgan fingerprint density at radius 2 is 2.17 bits per heavy atom. The Labute approximate surface area is 110 Å². The molecule has 5 nitrogen and oxygen atoms in total. The molecule has 0 saturated heterocycles. The van der Waals surface area contributed by atoms with Crippen molar-refractivity contribution in [2.45, 2.75) is 58.6 Å². The van der Waals surface area contributed by atoms with Gasteiger partial charge in [0.15, 0.2) is 0 Å². The molecular formula is C13H27N3O2.